The Morgan fingerprint density at radius 3 is 2.68 bits per heavy atom. The maximum absolute atomic E-state index is 12.7. The van der Waals surface area contributed by atoms with Gasteiger partial charge < -0.3 is 5.11 Å². The Morgan fingerprint density at radius 2 is 2.16 bits per heavy atom. The SMILES string of the molecule is O=C(O)CC1(CSc2ncccc2C(F)(F)F)CC1. The Bertz CT molecular complexity index is 486. The molecule has 2 rings (SSSR count). The van der Waals surface area contributed by atoms with E-state index in [1.807, 2.05) is 0 Å². The molecule has 1 fully saturated rings. The maximum atomic E-state index is 12.7. The van der Waals surface area contributed by atoms with E-state index in [1.54, 1.807) is 0 Å². The summed E-state index contributed by atoms with van der Waals surface area (Å²) in [7, 11) is 0. The first-order valence-corrected chi connectivity index (χ1v) is 6.68. The number of pyridine rings is 1. The van der Waals surface area contributed by atoms with Crippen molar-refractivity contribution in [2.24, 2.45) is 5.41 Å². The summed E-state index contributed by atoms with van der Waals surface area (Å²) >= 11 is 0.991. The molecule has 0 unspecified atom stereocenters. The van der Waals surface area contributed by atoms with Crippen molar-refractivity contribution in [1.29, 1.82) is 0 Å². The van der Waals surface area contributed by atoms with Gasteiger partial charge in [-0.05, 0) is 30.4 Å². The molecule has 0 atom stereocenters. The van der Waals surface area contributed by atoms with Gasteiger partial charge in [0.25, 0.3) is 0 Å². The number of hydrogen-bond acceptors (Lipinski definition) is 3. The maximum Gasteiger partial charge on any atom is 0.419 e. The van der Waals surface area contributed by atoms with Crippen LogP contribution < -0.4 is 0 Å². The first-order chi connectivity index (χ1) is 8.82. The van der Waals surface area contributed by atoms with Crippen molar-refractivity contribution in [2.45, 2.75) is 30.5 Å². The van der Waals surface area contributed by atoms with Crippen molar-refractivity contribution in [3.8, 4) is 0 Å². The monoisotopic (exact) mass is 291 g/mol. The zero-order chi connectivity index (χ0) is 14.1. The fraction of sp³-hybridized carbons (Fsp3) is 0.500. The highest BCUT2D eigenvalue weighted by Crippen LogP contribution is 2.52. The third kappa shape index (κ3) is 3.62. The Morgan fingerprint density at radius 1 is 1.47 bits per heavy atom. The molecule has 1 aliphatic rings. The Hall–Kier alpha value is -1.24. The average Bonchev–Trinajstić information content (AvgIpc) is 3.05. The molecule has 1 N–H and O–H groups in total. The lowest BCUT2D eigenvalue weighted by atomic mass is 10.1. The summed E-state index contributed by atoms with van der Waals surface area (Å²) in [6.45, 7) is 0. The van der Waals surface area contributed by atoms with Gasteiger partial charge in [-0.3, -0.25) is 4.79 Å². The second kappa shape index (κ2) is 5.03. The average molecular weight is 291 g/mol. The van der Waals surface area contributed by atoms with Crippen molar-refractivity contribution in [2.75, 3.05) is 5.75 Å². The molecule has 0 aliphatic heterocycles. The van der Waals surface area contributed by atoms with Gasteiger partial charge in [0.15, 0.2) is 0 Å². The Kier molecular flexibility index (Phi) is 3.75. The van der Waals surface area contributed by atoms with E-state index in [0.29, 0.717) is 5.75 Å². The van der Waals surface area contributed by atoms with Crippen molar-refractivity contribution in [3.63, 3.8) is 0 Å². The standard InChI is InChI=1S/C12H12F3NO2S/c13-12(14,15)8-2-1-5-16-10(8)19-7-11(3-4-11)6-9(17)18/h1-2,5H,3-4,6-7H2,(H,17,18). The van der Waals surface area contributed by atoms with Crippen LogP contribution in [0, 0.1) is 5.41 Å². The van der Waals surface area contributed by atoms with Crippen molar-refractivity contribution in [3.05, 3.63) is 23.9 Å². The number of halogens is 3. The van der Waals surface area contributed by atoms with Crippen LogP contribution in [0.25, 0.3) is 0 Å². The number of carboxylic acids is 1. The van der Waals surface area contributed by atoms with E-state index in [-0.39, 0.29) is 16.9 Å². The van der Waals surface area contributed by atoms with Gasteiger partial charge >= 0.3 is 12.1 Å². The van der Waals surface area contributed by atoms with E-state index in [4.69, 9.17) is 5.11 Å². The summed E-state index contributed by atoms with van der Waals surface area (Å²) in [5, 5.41) is 8.69. The molecule has 1 aliphatic carbocycles. The Balaban J connectivity index is 2.06. The number of carbonyl (C=O) groups is 1. The molecule has 104 valence electrons. The highest BCUT2D eigenvalue weighted by molar-refractivity contribution is 7.99. The number of rotatable bonds is 5. The molecule has 0 spiro atoms. The summed E-state index contributed by atoms with van der Waals surface area (Å²) in [5.41, 5.74) is -1.11. The predicted molar refractivity (Wildman–Crippen MR) is 63.9 cm³/mol. The lowest BCUT2D eigenvalue weighted by Crippen LogP contribution is -2.13. The first-order valence-electron chi connectivity index (χ1n) is 5.69. The van der Waals surface area contributed by atoms with Crippen molar-refractivity contribution >= 4 is 17.7 Å². The molecule has 0 radical (unpaired) electrons. The van der Waals surface area contributed by atoms with Gasteiger partial charge in [-0.1, -0.05) is 0 Å². The van der Waals surface area contributed by atoms with E-state index in [1.165, 1.54) is 12.3 Å². The van der Waals surface area contributed by atoms with Gasteiger partial charge in [0.1, 0.15) is 5.03 Å². The molecule has 1 saturated carbocycles. The molecule has 7 heteroatoms. The van der Waals surface area contributed by atoms with E-state index in [9.17, 15) is 18.0 Å². The fourth-order valence-electron chi connectivity index (χ4n) is 1.81. The van der Waals surface area contributed by atoms with Crippen molar-refractivity contribution < 1.29 is 23.1 Å². The second-order valence-electron chi connectivity index (χ2n) is 4.71. The van der Waals surface area contributed by atoms with Crippen LogP contribution in [0.4, 0.5) is 13.2 Å². The number of hydrogen-bond donors (Lipinski definition) is 1. The van der Waals surface area contributed by atoms with E-state index in [2.05, 4.69) is 4.98 Å². The highest BCUT2D eigenvalue weighted by atomic mass is 32.2. The van der Waals surface area contributed by atoms with Crippen molar-refractivity contribution in [1.82, 2.24) is 4.98 Å². The summed E-state index contributed by atoms with van der Waals surface area (Å²) < 4.78 is 38.2. The zero-order valence-corrected chi connectivity index (χ0v) is 10.7. The van der Waals surface area contributed by atoms with E-state index < -0.39 is 17.7 Å². The molecule has 0 amide bonds. The second-order valence-corrected chi connectivity index (χ2v) is 5.68. The first kappa shape index (κ1) is 14.2. The quantitative estimate of drug-likeness (QED) is 0.844. The molecule has 1 aromatic heterocycles. The molecule has 0 aromatic carbocycles. The van der Waals surface area contributed by atoms with Gasteiger partial charge in [-0.2, -0.15) is 13.2 Å². The van der Waals surface area contributed by atoms with Crippen LogP contribution in [0.2, 0.25) is 0 Å². The minimum Gasteiger partial charge on any atom is -0.481 e. The number of aromatic nitrogens is 1. The molecule has 1 heterocycles. The summed E-state index contributed by atoms with van der Waals surface area (Å²) in [4.78, 5) is 14.4. The van der Waals surface area contributed by atoms with Crippen LogP contribution in [0.15, 0.2) is 23.4 Å². The number of nitrogens with zero attached hydrogens (tertiary/aromatic N) is 1. The largest absolute Gasteiger partial charge is 0.481 e. The van der Waals surface area contributed by atoms with Gasteiger partial charge in [0, 0.05) is 11.9 Å². The molecule has 0 saturated heterocycles. The predicted octanol–water partition coefficient (Wildman–Crippen LogP) is 3.45. The van der Waals surface area contributed by atoms with E-state index in [0.717, 1.165) is 30.7 Å². The molecular formula is C12H12F3NO2S. The third-order valence-electron chi connectivity index (χ3n) is 3.07. The minimum absolute atomic E-state index is 0.00812. The normalized spacial score (nSPS) is 17.2. The van der Waals surface area contributed by atoms with Gasteiger partial charge in [-0.25, -0.2) is 4.98 Å². The zero-order valence-electron chi connectivity index (χ0n) is 9.91. The number of aliphatic carboxylic acids is 1. The molecule has 19 heavy (non-hydrogen) atoms. The van der Waals surface area contributed by atoms with Gasteiger partial charge in [0.2, 0.25) is 0 Å². The number of alkyl halides is 3. The summed E-state index contributed by atoms with van der Waals surface area (Å²) in [5.74, 6) is -0.547. The molecular weight excluding hydrogens is 279 g/mol. The van der Waals surface area contributed by atoms with Crippen LogP contribution in [-0.2, 0) is 11.0 Å². The van der Waals surface area contributed by atoms with Gasteiger partial charge in [0.05, 0.1) is 12.0 Å². The molecule has 1 aromatic rings. The van der Waals surface area contributed by atoms with E-state index >= 15 is 0 Å². The summed E-state index contributed by atoms with van der Waals surface area (Å²) in [6.07, 6.45) is -1.61. The third-order valence-corrected chi connectivity index (χ3v) is 4.43. The number of carboxylic acid groups (broad SMARTS) is 1. The lowest BCUT2D eigenvalue weighted by molar-refractivity contribution is -0.140. The number of thioether (sulfide) groups is 1. The van der Waals surface area contributed by atoms with Crippen LogP contribution in [0.3, 0.4) is 0 Å². The molecule has 3 nitrogen and oxygen atoms in total. The van der Waals surface area contributed by atoms with Crippen LogP contribution >= 0.6 is 11.8 Å². The van der Waals surface area contributed by atoms with Crippen LogP contribution in [0.5, 0.6) is 0 Å². The van der Waals surface area contributed by atoms with Crippen LogP contribution in [0.1, 0.15) is 24.8 Å². The van der Waals surface area contributed by atoms with Crippen LogP contribution in [-0.4, -0.2) is 21.8 Å². The molecule has 0 bridgehead atoms. The summed E-state index contributed by atoms with van der Waals surface area (Å²) in [6, 6.07) is 2.24. The fourth-order valence-corrected chi connectivity index (χ4v) is 3.12. The Labute approximate surface area is 112 Å². The smallest absolute Gasteiger partial charge is 0.419 e. The lowest BCUT2D eigenvalue weighted by Gasteiger charge is -2.14. The minimum atomic E-state index is -4.43. The highest BCUT2D eigenvalue weighted by Gasteiger charge is 2.45. The van der Waals surface area contributed by atoms with Gasteiger partial charge in [-0.15, -0.1) is 11.8 Å². The topological polar surface area (TPSA) is 50.2 Å².